The largest absolute Gasteiger partial charge is 0.363 e. The second-order valence-electron chi connectivity index (χ2n) is 4.74. The number of hydrogen-bond acceptors (Lipinski definition) is 3. The smallest absolute Gasteiger partial charge is 0.261 e. The monoisotopic (exact) mass is 403 g/mol. The SMILES string of the molecule is CCNC(=S)Nc1ccc(S(=O)(=O)Nc2ccc(Cl)c(Cl)c2)cc1. The standard InChI is InChI=1S/C15H15Cl2N3O2S2/c1-2-18-15(23)19-10-3-6-12(7-4-10)24(21,22)20-11-5-8-13(16)14(17)9-11/h3-9,20H,2H2,1H3,(H2,18,19,23). The van der Waals surface area contributed by atoms with Crippen molar-refractivity contribution in [1.82, 2.24) is 5.32 Å². The van der Waals surface area contributed by atoms with E-state index in [2.05, 4.69) is 15.4 Å². The van der Waals surface area contributed by atoms with Crippen LogP contribution in [0, 0.1) is 0 Å². The molecule has 24 heavy (non-hydrogen) atoms. The molecule has 9 heteroatoms. The van der Waals surface area contributed by atoms with Crippen LogP contribution in [0.3, 0.4) is 0 Å². The number of nitrogens with one attached hydrogen (secondary N) is 3. The predicted octanol–water partition coefficient (Wildman–Crippen LogP) is 4.10. The normalized spacial score (nSPS) is 11.0. The Labute approximate surface area is 156 Å². The third kappa shape index (κ3) is 4.98. The summed E-state index contributed by atoms with van der Waals surface area (Å²) in [5.74, 6) is 0. The van der Waals surface area contributed by atoms with Gasteiger partial charge < -0.3 is 10.6 Å². The first-order valence-electron chi connectivity index (χ1n) is 6.94. The maximum Gasteiger partial charge on any atom is 0.261 e. The molecule has 2 rings (SSSR count). The van der Waals surface area contributed by atoms with Gasteiger partial charge in [0.1, 0.15) is 0 Å². The molecule has 0 aliphatic rings. The Morgan fingerprint density at radius 3 is 2.25 bits per heavy atom. The van der Waals surface area contributed by atoms with Crippen LogP contribution in [0.15, 0.2) is 47.4 Å². The summed E-state index contributed by atoms with van der Waals surface area (Å²) in [6.07, 6.45) is 0. The zero-order valence-corrected chi connectivity index (χ0v) is 15.8. The van der Waals surface area contributed by atoms with Gasteiger partial charge in [0.25, 0.3) is 10.0 Å². The van der Waals surface area contributed by atoms with Gasteiger partial charge in [0, 0.05) is 12.2 Å². The third-order valence-electron chi connectivity index (χ3n) is 2.93. The number of hydrogen-bond donors (Lipinski definition) is 3. The summed E-state index contributed by atoms with van der Waals surface area (Å²) in [5.41, 5.74) is 1.02. The minimum atomic E-state index is -3.73. The fourth-order valence-corrected chi connectivity index (χ4v) is 3.44. The average Bonchev–Trinajstić information content (AvgIpc) is 2.51. The fraction of sp³-hybridized carbons (Fsp3) is 0.133. The van der Waals surface area contributed by atoms with Crippen LogP contribution in [0.4, 0.5) is 11.4 Å². The van der Waals surface area contributed by atoms with Gasteiger partial charge in [0.15, 0.2) is 5.11 Å². The Bertz CT molecular complexity index is 840. The molecule has 0 spiro atoms. The second kappa shape index (κ2) is 8.02. The lowest BCUT2D eigenvalue weighted by Crippen LogP contribution is -2.27. The lowest BCUT2D eigenvalue weighted by molar-refractivity contribution is 0.601. The summed E-state index contributed by atoms with van der Waals surface area (Å²) in [5, 5.41) is 7.00. The van der Waals surface area contributed by atoms with E-state index in [1.54, 1.807) is 12.1 Å². The summed E-state index contributed by atoms with van der Waals surface area (Å²) in [6.45, 7) is 2.63. The van der Waals surface area contributed by atoms with Crippen LogP contribution < -0.4 is 15.4 Å². The lowest BCUT2D eigenvalue weighted by atomic mass is 10.3. The van der Waals surface area contributed by atoms with Gasteiger partial charge in [-0.3, -0.25) is 4.72 Å². The third-order valence-corrected chi connectivity index (χ3v) is 5.31. The Morgan fingerprint density at radius 2 is 1.67 bits per heavy atom. The van der Waals surface area contributed by atoms with Crippen LogP contribution in [0.5, 0.6) is 0 Å². The zero-order chi connectivity index (χ0) is 17.7. The second-order valence-corrected chi connectivity index (χ2v) is 7.65. The molecule has 2 aromatic rings. The highest BCUT2D eigenvalue weighted by Crippen LogP contribution is 2.26. The van der Waals surface area contributed by atoms with Gasteiger partial charge in [-0.05, 0) is 61.6 Å². The Kier molecular flexibility index (Phi) is 6.28. The van der Waals surface area contributed by atoms with Gasteiger partial charge in [0.2, 0.25) is 0 Å². The maximum atomic E-state index is 12.4. The van der Waals surface area contributed by atoms with Crippen molar-refractivity contribution in [1.29, 1.82) is 0 Å². The number of halogens is 2. The van der Waals surface area contributed by atoms with E-state index >= 15 is 0 Å². The molecular formula is C15H15Cl2N3O2S2. The summed E-state index contributed by atoms with van der Waals surface area (Å²) in [4.78, 5) is 0.119. The van der Waals surface area contributed by atoms with Crippen molar-refractivity contribution in [3.05, 3.63) is 52.5 Å². The summed E-state index contributed by atoms with van der Waals surface area (Å²) in [7, 11) is -3.73. The molecule has 0 amide bonds. The molecular weight excluding hydrogens is 389 g/mol. The van der Waals surface area contributed by atoms with E-state index < -0.39 is 10.0 Å². The van der Waals surface area contributed by atoms with Crippen LogP contribution >= 0.6 is 35.4 Å². The van der Waals surface area contributed by atoms with E-state index in [-0.39, 0.29) is 9.92 Å². The first-order valence-corrected chi connectivity index (χ1v) is 9.59. The lowest BCUT2D eigenvalue weighted by Gasteiger charge is -2.11. The van der Waals surface area contributed by atoms with Gasteiger partial charge in [-0.25, -0.2) is 8.42 Å². The highest BCUT2D eigenvalue weighted by molar-refractivity contribution is 7.92. The molecule has 2 aromatic carbocycles. The molecule has 3 N–H and O–H groups in total. The zero-order valence-electron chi connectivity index (χ0n) is 12.6. The molecule has 0 atom stereocenters. The van der Waals surface area contributed by atoms with Crippen molar-refractivity contribution in [2.45, 2.75) is 11.8 Å². The summed E-state index contributed by atoms with van der Waals surface area (Å²) >= 11 is 16.8. The first-order chi connectivity index (χ1) is 11.3. The molecule has 0 aliphatic carbocycles. The summed E-state index contributed by atoms with van der Waals surface area (Å²) < 4.78 is 27.2. The minimum Gasteiger partial charge on any atom is -0.363 e. The number of benzene rings is 2. The van der Waals surface area contributed by atoms with Crippen LogP contribution in [-0.4, -0.2) is 20.1 Å². The van der Waals surface area contributed by atoms with Crippen LogP contribution in [-0.2, 0) is 10.0 Å². The number of anilines is 2. The summed E-state index contributed by atoms with van der Waals surface area (Å²) in [6, 6.07) is 10.7. The minimum absolute atomic E-state index is 0.119. The van der Waals surface area contributed by atoms with E-state index in [0.717, 1.165) is 0 Å². The average molecular weight is 404 g/mol. The Balaban J connectivity index is 2.14. The molecule has 0 aromatic heterocycles. The quantitative estimate of drug-likeness (QED) is 0.655. The molecule has 0 fully saturated rings. The molecule has 0 radical (unpaired) electrons. The van der Waals surface area contributed by atoms with Gasteiger partial charge in [0.05, 0.1) is 20.6 Å². The number of thiocarbonyl (C=S) groups is 1. The Hall–Kier alpha value is -1.54. The van der Waals surface area contributed by atoms with Crippen molar-refractivity contribution in [2.24, 2.45) is 0 Å². The number of sulfonamides is 1. The molecule has 5 nitrogen and oxygen atoms in total. The molecule has 0 aliphatic heterocycles. The molecule has 0 heterocycles. The van der Waals surface area contributed by atoms with E-state index in [1.165, 1.54) is 30.3 Å². The van der Waals surface area contributed by atoms with Crippen molar-refractivity contribution in [3.8, 4) is 0 Å². The maximum absolute atomic E-state index is 12.4. The van der Waals surface area contributed by atoms with E-state index in [9.17, 15) is 8.42 Å². The Morgan fingerprint density at radius 1 is 1.04 bits per heavy atom. The molecule has 0 unspecified atom stereocenters. The van der Waals surface area contributed by atoms with Crippen molar-refractivity contribution >= 4 is 61.9 Å². The molecule has 0 saturated heterocycles. The first kappa shape index (κ1) is 18.8. The van der Waals surface area contributed by atoms with Gasteiger partial charge in [-0.2, -0.15) is 0 Å². The van der Waals surface area contributed by atoms with Gasteiger partial charge in [-0.1, -0.05) is 23.2 Å². The molecule has 0 saturated carbocycles. The van der Waals surface area contributed by atoms with Crippen molar-refractivity contribution < 1.29 is 8.42 Å². The number of rotatable bonds is 5. The van der Waals surface area contributed by atoms with Crippen molar-refractivity contribution in [2.75, 3.05) is 16.6 Å². The van der Waals surface area contributed by atoms with Crippen molar-refractivity contribution in [3.63, 3.8) is 0 Å². The van der Waals surface area contributed by atoms with Gasteiger partial charge >= 0.3 is 0 Å². The predicted molar refractivity (Wildman–Crippen MR) is 104 cm³/mol. The van der Waals surface area contributed by atoms with E-state index in [4.69, 9.17) is 35.4 Å². The van der Waals surface area contributed by atoms with Crippen LogP contribution in [0.2, 0.25) is 10.0 Å². The molecule has 0 bridgehead atoms. The highest BCUT2D eigenvalue weighted by Gasteiger charge is 2.14. The van der Waals surface area contributed by atoms with Gasteiger partial charge in [-0.15, -0.1) is 0 Å². The van der Waals surface area contributed by atoms with Crippen LogP contribution in [0.1, 0.15) is 6.92 Å². The fourth-order valence-electron chi connectivity index (χ4n) is 1.83. The topological polar surface area (TPSA) is 70.2 Å². The van der Waals surface area contributed by atoms with E-state index in [0.29, 0.717) is 28.1 Å². The van der Waals surface area contributed by atoms with E-state index in [1.807, 2.05) is 6.92 Å². The molecule has 128 valence electrons. The highest BCUT2D eigenvalue weighted by atomic mass is 35.5. The van der Waals surface area contributed by atoms with Crippen LogP contribution in [0.25, 0.3) is 0 Å².